The summed E-state index contributed by atoms with van der Waals surface area (Å²) in [5.74, 6) is -0.873. The van der Waals surface area contributed by atoms with Gasteiger partial charge in [0, 0.05) is 6.04 Å². The van der Waals surface area contributed by atoms with Crippen LogP contribution in [0.25, 0.3) is 0 Å². The van der Waals surface area contributed by atoms with E-state index in [-0.39, 0.29) is 0 Å². The average Bonchev–Trinajstić information content (AvgIpc) is 2.29. The van der Waals surface area contributed by atoms with E-state index in [1.54, 1.807) is 13.8 Å². The predicted molar refractivity (Wildman–Crippen MR) is 68.8 cm³/mol. The van der Waals surface area contributed by atoms with Crippen molar-refractivity contribution in [2.24, 2.45) is 11.1 Å². The number of carbonyl (C=O) groups is 1. The van der Waals surface area contributed by atoms with Gasteiger partial charge in [-0.2, -0.15) is 0 Å². The fourth-order valence-corrected chi connectivity index (χ4v) is 1.73. The van der Waals surface area contributed by atoms with Gasteiger partial charge < -0.3 is 10.8 Å². The summed E-state index contributed by atoms with van der Waals surface area (Å²) in [7, 11) is 0. The number of carboxylic acid groups (broad SMARTS) is 1. The van der Waals surface area contributed by atoms with Crippen molar-refractivity contribution in [3.63, 3.8) is 0 Å². The van der Waals surface area contributed by atoms with Crippen LogP contribution in [0.4, 0.5) is 0 Å². The molecular weight excluding hydrogens is 214 g/mol. The molecule has 0 aromatic heterocycles. The molecular formula is C14H21NO2. The van der Waals surface area contributed by atoms with Crippen LogP contribution in [0.3, 0.4) is 0 Å². The van der Waals surface area contributed by atoms with Gasteiger partial charge in [-0.3, -0.25) is 4.79 Å². The number of hydrogen-bond donors (Lipinski definition) is 2. The summed E-state index contributed by atoms with van der Waals surface area (Å²) < 4.78 is 0. The molecule has 3 heteroatoms. The Bertz CT molecular complexity index is 382. The van der Waals surface area contributed by atoms with Crippen molar-refractivity contribution in [1.29, 1.82) is 0 Å². The van der Waals surface area contributed by atoms with Crippen molar-refractivity contribution in [2.45, 2.75) is 39.7 Å². The van der Waals surface area contributed by atoms with Crippen LogP contribution < -0.4 is 5.73 Å². The van der Waals surface area contributed by atoms with Crippen molar-refractivity contribution < 1.29 is 9.90 Å². The van der Waals surface area contributed by atoms with Crippen molar-refractivity contribution in [2.75, 3.05) is 0 Å². The molecule has 0 radical (unpaired) electrons. The molecule has 0 heterocycles. The van der Waals surface area contributed by atoms with Crippen LogP contribution in [0.2, 0.25) is 0 Å². The van der Waals surface area contributed by atoms with Gasteiger partial charge in [-0.25, -0.2) is 0 Å². The van der Waals surface area contributed by atoms with Gasteiger partial charge in [0.1, 0.15) is 0 Å². The summed E-state index contributed by atoms with van der Waals surface area (Å²) in [6.45, 7) is 5.44. The van der Waals surface area contributed by atoms with Gasteiger partial charge in [0.25, 0.3) is 0 Å². The molecule has 0 amide bonds. The quantitative estimate of drug-likeness (QED) is 0.824. The zero-order valence-corrected chi connectivity index (χ0v) is 10.7. The first-order valence-corrected chi connectivity index (χ1v) is 5.97. The third-order valence-electron chi connectivity index (χ3n) is 3.21. The second kappa shape index (κ2) is 5.32. The van der Waals surface area contributed by atoms with Crippen LogP contribution in [0.15, 0.2) is 24.3 Å². The minimum absolute atomic E-state index is 0.490. The van der Waals surface area contributed by atoms with Crippen LogP contribution >= 0.6 is 0 Å². The summed E-state index contributed by atoms with van der Waals surface area (Å²) in [6.07, 6.45) is 2.14. The molecule has 3 N–H and O–H groups in total. The van der Waals surface area contributed by atoms with Gasteiger partial charge >= 0.3 is 5.97 Å². The number of benzene rings is 1. The summed E-state index contributed by atoms with van der Waals surface area (Å²) >= 11 is 0. The van der Waals surface area contributed by atoms with Crippen molar-refractivity contribution >= 4 is 5.97 Å². The van der Waals surface area contributed by atoms with E-state index in [0.29, 0.717) is 0 Å². The number of nitrogens with two attached hydrogens (primary N) is 1. The van der Waals surface area contributed by atoms with E-state index in [4.69, 9.17) is 10.8 Å². The average molecular weight is 235 g/mol. The van der Waals surface area contributed by atoms with Gasteiger partial charge in [0.2, 0.25) is 0 Å². The molecule has 3 nitrogen and oxygen atoms in total. The minimum Gasteiger partial charge on any atom is -0.481 e. The third-order valence-corrected chi connectivity index (χ3v) is 3.21. The lowest BCUT2D eigenvalue weighted by molar-refractivity contribution is -0.148. The highest BCUT2D eigenvalue weighted by Crippen LogP contribution is 2.31. The van der Waals surface area contributed by atoms with Crippen LogP contribution in [-0.2, 0) is 11.2 Å². The number of aliphatic carboxylic acids is 1. The molecule has 1 aromatic carbocycles. The molecule has 94 valence electrons. The Balaban J connectivity index is 2.90. The zero-order chi connectivity index (χ0) is 13.1. The van der Waals surface area contributed by atoms with E-state index in [0.717, 1.165) is 18.4 Å². The molecule has 0 fully saturated rings. The summed E-state index contributed by atoms with van der Waals surface area (Å²) in [6, 6.07) is 7.42. The highest BCUT2D eigenvalue weighted by Gasteiger charge is 2.35. The van der Waals surface area contributed by atoms with Crippen LogP contribution in [-0.4, -0.2) is 11.1 Å². The summed E-state index contributed by atoms with van der Waals surface area (Å²) in [5.41, 5.74) is 7.20. The van der Waals surface area contributed by atoms with E-state index in [1.165, 1.54) is 5.56 Å². The van der Waals surface area contributed by atoms with E-state index < -0.39 is 17.4 Å². The first-order valence-electron chi connectivity index (χ1n) is 5.97. The Hall–Kier alpha value is -1.35. The maximum absolute atomic E-state index is 11.1. The lowest BCUT2D eigenvalue weighted by Gasteiger charge is -2.27. The fourth-order valence-electron chi connectivity index (χ4n) is 1.73. The number of carboxylic acids is 1. The molecule has 0 aliphatic rings. The Kier molecular flexibility index (Phi) is 4.29. The largest absolute Gasteiger partial charge is 0.481 e. The van der Waals surface area contributed by atoms with E-state index >= 15 is 0 Å². The molecule has 0 bridgehead atoms. The molecule has 0 spiro atoms. The zero-order valence-electron chi connectivity index (χ0n) is 10.7. The lowest BCUT2D eigenvalue weighted by Crippen LogP contribution is -2.36. The van der Waals surface area contributed by atoms with Gasteiger partial charge in [-0.1, -0.05) is 37.6 Å². The molecule has 17 heavy (non-hydrogen) atoms. The number of aryl methyl sites for hydroxylation is 1. The summed E-state index contributed by atoms with van der Waals surface area (Å²) in [4.78, 5) is 11.1. The van der Waals surface area contributed by atoms with Crippen molar-refractivity contribution in [3.8, 4) is 0 Å². The summed E-state index contributed by atoms with van der Waals surface area (Å²) in [5, 5.41) is 9.13. The van der Waals surface area contributed by atoms with Gasteiger partial charge in [-0.05, 0) is 31.4 Å². The number of hydrogen-bond acceptors (Lipinski definition) is 2. The van der Waals surface area contributed by atoms with Crippen molar-refractivity contribution in [3.05, 3.63) is 35.4 Å². The Labute approximate surface area is 103 Å². The molecule has 0 saturated heterocycles. The normalized spacial score (nSPS) is 13.4. The Morgan fingerprint density at radius 3 is 2.29 bits per heavy atom. The topological polar surface area (TPSA) is 63.3 Å². The van der Waals surface area contributed by atoms with Gasteiger partial charge in [0.05, 0.1) is 5.41 Å². The minimum atomic E-state index is -0.952. The fraction of sp³-hybridized carbons (Fsp3) is 0.500. The number of rotatable bonds is 5. The predicted octanol–water partition coefficient (Wildman–Crippen LogP) is 2.75. The highest BCUT2D eigenvalue weighted by atomic mass is 16.4. The molecule has 0 saturated carbocycles. The van der Waals surface area contributed by atoms with E-state index in [9.17, 15) is 4.79 Å². The standard InChI is InChI=1S/C14H21NO2/c1-4-5-10-6-8-11(9-7-10)12(15)14(2,3)13(16)17/h6-9,12H,4-5,15H2,1-3H3,(H,16,17). The van der Waals surface area contributed by atoms with Crippen LogP contribution in [0.5, 0.6) is 0 Å². The Morgan fingerprint density at radius 2 is 1.88 bits per heavy atom. The first kappa shape index (κ1) is 13.7. The van der Waals surface area contributed by atoms with Gasteiger partial charge in [-0.15, -0.1) is 0 Å². The SMILES string of the molecule is CCCc1ccc(C(N)C(C)(C)C(=O)O)cc1. The highest BCUT2D eigenvalue weighted by molar-refractivity contribution is 5.75. The monoisotopic (exact) mass is 235 g/mol. The van der Waals surface area contributed by atoms with E-state index in [2.05, 4.69) is 6.92 Å². The lowest BCUT2D eigenvalue weighted by atomic mass is 9.81. The molecule has 1 rings (SSSR count). The first-order chi connectivity index (χ1) is 7.89. The molecule has 0 aliphatic heterocycles. The van der Waals surface area contributed by atoms with E-state index in [1.807, 2.05) is 24.3 Å². The second-order valence-corrected chi connectivity index (χ2v) is 5.00. The maximum Gasteiger partial charge on any atom is 0.311 e. The third kappa shape index (κ3) is 3.07. The van der Waals surface area contributed by atoms with Gasteiger partial charge in [0.15, 0.2) is 0 Å². The van der Waals surface area contributed by atoms with Crippen molar-refractivity contribution in [1.82, 2.24) is 0 Å². The Morgan fingerprint density at radius 1 is 1.35 bits per heavy atom. The molecule has 1 unspecified atom stereocenters. The molecule has 1 aromatic rings. The molecule has 1 atom stereocenters. The van der Waals surface area contributed by atoms with Crippen LogP contribution in [0.1, 0.15) is 44.4 Å². The second-order valence-electron chi connectivity index (χ2n) is 5.00. The molecule has 0 aliphatic carbocycles. The van der Waals surface area contributed by atoms with Crippen LogP contribution in [0, 0.1) is 5.41 Å². The maximum atomic E-state index is 11.1. The smallest absolute Gasteiger partial charge is 0.311 e.